The van der Waals surface area contributed by atoms with Crippen LogP contribution in [0.2, 0.25) is 0 Å². The van der Waals surface area contributed by atoms with Crippen LogP contribution in [0.3, 0.4) is 0 Å². The van der Waals surface area contributed by atoms with Gasteiger partial charge in [-0.15, -0.1) is 11.3 Å². The molecule has 0 bridgehead atoms. The minimum atomic E-state index is -0.295. The van der Waals surface area contributed by atoms with Crippen LogP contribution >= 0.6 is 11.3 Å². The van der Waals surface area contributed by atoms with Gasteiger partial charge >= 0.3 is 0 Å². The van der Waals surface area contributed by atoms with Crippen LogP contribution in [0.4, 0.5) is 10.9 Å². The molecular weight excluding hydrogens is 400 g/mol. The first-order chi connectivity index (χ1) is 14.4. The highest BCUT2D eigenvalue weighted by Crippen LogP contribution is 2.27. The third kappa shape index (κ3) is 4.31. The van der Waals surface area contributed by atoms with Gasteiger partial charge in [0.25, 0.3) is 5.91 Å². The Morgan fingerprint density at radius 1 is 1.17 bits per heavy atom. The fourth-order valence-corrected chi connectivity index (χ4v) is 4.13. The molecule has 0 radical (unpaired) electrons. The second-order valence-corrected chi connectivity index (χ2v) is 8.46. The van der Waals surface area contributed by atoms with Gasteiger partial charge in [-0.25, -0.2) is 19.9 Å². The van der Waals surface area contributed by atoms with Crippen LogP contribution in [0, 0.1) is 27.7 Å². The molecule has 1 aliphatic heterocycles. The van der Waals surface area contributed by atoms with Crippen LogP contribution in [0.1, 0.15) is 44.2 Å². The van der Waals surface area contributed by atoms with Crippen molar-refractivity contribution >= 4 is 28.2 Å². The summed E-state index contributed by atoms with van der Waals surface area (Å²) < 4.78 is 5.93. The van der Waals surface area contributed by atoms with Gasteiger partial charge in [0.1, 0.15) is 17.7 Å². The summed E-state index contributed by atoms with van der Waals surface area (Å²) in [7, 11) is 0. The molecular formula is C21H24N6O2S. The van der Waals surface area contributed by atoms with Crippen LogP contribution in [-0.4, -0.2) is 50.4 Å². The van der Waals surface area contributed by atoms with E-state index in [2.05, 4.69) is 20.3 Å². The van der Waals surface area contributed by atoms with Crippen LogP contribution in [0.15, 0.2) is 24.4 Å². The number of ether oxygens (including phenoxy) is 1. The Hall–Kier alpha value is -2.91. The summed E-state index contributed by atoms with van der Waals surface area (Å²) in [6.45, 7) is 9.09. The predicted octanol–water partition coefficient (Wildman–Crippen LogP) is 3.52. The highest BCUT2D eigenvalue weighted by molar-refractivity contribution is 7.15. The van der Waals surface area contributed by atoms with Crippen molar-refractivity contribution in [3.8, 4) is 0 Å². The zero-order chi connectivity index (χ0) is 21.3. The number of morpholine rings is 1. The molecule has 4 heterocycles. The lowest BCUT2D eigenvalue weighted by atomic mass is 10.1. The first-order valence-corrected chi connectivity index (χ1v) is 10.6. The van der Waals surface area contributed by atoms with Crippen LogP contribution in [0.25, 0.3) is 0 Å². The predicted molar refractivity (Wildman–Crippen MR) is 115 cm³/mol. The Balaban J connectivity index is 1.49. The van der Waals surface area contributed by atoms with Crippen molar-refractivity contribution in [3.63, 3.8) is 0 Å². The van der Waals surface area contributed by atoms with E-state index in [1.54, 1.807) is 22.4 Å². The minimum absolute atomic E-state index is 0.0798. The molecule has 1 aliphatic rings. The number of anilines is 2. The minimum Gasteiger partial charge on any atom is -0.368 e. The van der Waals surface area contributed by atoms with Crippen molar-refractivity contribution in [1.29, 1.82) is 0 Å². The number of rotatable bonds is 4. The molecule has 9 heteroatoms. The number of hydrogen-bond donors (Lipinski definition) is 1. The fourth-order valence-electron chi connectivity index (χ4n) is 3.31. The molecule has 1 fully saturated rings. The number of carbonyl (C=O) groups excluding carboxylic acids is 1. The SMILES string of the molecule is Cc1ncc(C(=O)N2CCOC(c3cccc(Nc4nc(C)c(C)s4)n3)C2)c(C)n1. The van der Waals surface area contributed by atoms with E-state index in [1.807, 2.05) is 45.9 Å². The maximum absolute atomic E-state index is 13.0. The first kappa shape index (κ1) is 20.4. The second-order valence-electron chi connectivity index (χ2n) is 7.26. The number of aromatic nitrogens is 4. The largest absolute Gasteiger partial charge is 0.368 e. The number of pyridine rings is 1. The average Bonchev–Trinajstić information content (AvgIpc) is 3.04. The van der Waals surface area contributed by atoms with Gasteiger partial charge in [0.2, 0.25) is 0 Å². The van der Waals surface area contributed by atoms with Gasteiger partial charge in [-0.1, -0.05) is 6.07 Å². The average molecular weight is 425 g/mol. The third-order valence-corrected chi connectivity index (χ3v) is 6.04. The lowest BCUT2D eigenvalue weighted by Gasteiger charge is -2.33. The highest BCUT2D eigenvalue weighted by atomic mass is 32.1. The van der Waals surface area contributed by atoms with E-state index in [4.69, 9.17) is 9.72 Å². The lowest BCUT2D eigenvalue weighted by molar-refractivity contribution is -0.0247. The zero-order valence-corrected chi connectivity index (χ0v) is 18.3. The van der Waals surface area contributed by atoms with Gasteiger partial charge < -0.3 is 15.0 Å². The van der Waals surface area contributed by atoms with Crippen LogP contribution < -0.4 is 5.32 Å². The number of carbonyl (C=O) groups is 1. The van der Waals surface area contributed by atoms with Crippen molar-refractivity contribution < 1.29 is 9.53 Å². The molecule has 3 aromatic rings. The molecule has 8 nitrogen and oxygen atoms in total. The molecule has 1 unspecified atom stereocenters. The van der Waals surface area contributed by atoms with Gasteiger partial charge in [-0.05, 0) is 39.8 Å². The summed E-state index contributed by atoms with van der Waals surface area (Å²) in [4.78, 5) is 33.6. The van der Waals surface area contributed by atoms with Gasteiger partial charge in [0.15, 0.2) is 5.13 Å². The van der Waals surface area contributed by atoms with Crippen molar-refractivity contribution in [3.05, 3.63) is 57.7 Å². The summed E-state index contributed by atoms with van der Waals surface area (Å²) in [6, 6.07) is 5.75. The number of hydrogen-bond acceptors (Lipinski definition) is 8. The summed E-state index contributed by atoms with van der Waals surface area (Å²) >= 11 is 1.60. The fraction of sp³-hybridized carbons (Fsp3) is 0.381. The normalized spacial score (nSPS) is 16.5. The molecule has 3 aromatic heterocycles. The molecule has 1 saturated heterocycles. The van der Waals surface area contributed by atoms with E-state index in [1.165, 1.54) is 4.88 Å². The van der Waals surface area contributed by atoms with Crippen LogP contribution in [0.5, 0.6) is 0 Å². The summed E-state index contributed by atoms with van der Waals surface area (Å²) in [5.41, 5.74) is 3.01. The van der Waals surface area contributed by atoms with Gasteiger partial charge in [-0.2, -0.15) is 0 Å². The molecule has 0 saturated carbocycles. The van der Waals surface area contributed by atoms with E-state index < -0.39 is 0 Å². The maximum atomic E-state index is 13.0. The van der Waals surface area contributed by atoms with E-state index >= 15 is 0 Å². The Kier molecular flexibility index (Phi) is 5.74. The number of aryl methyl sites for hydroxylation is 4. The molecule has 4 rings (SSSR count). The smallest absolute Gasteiger partial charge is 0.257 e. The Labute approximate surface area is 179 Å². The monoisotopic (exact) mass is 424 g/mol. The molecule has 0 spiro atoms. The Bertz CT molecular complexity index is 1060. The van der Waals surface area contributed by atoms with Gasteiger partial charge in [0.05, 0.1) is 35.8 Å². The summed E-state index contributed by atoms with van der Waals surface area (Å²) in [5.74, 6) is 1.28. The van der Waals surface area contributed by atoms with Crippen molar-refractivity contribution in [2.75, 3.05) is 25.0 Å². The van der Waals surface area contributed by atoms with E-state index in [0.717, 1.165) is 16.5 Å². The van der Waals surface area contributed by atoms with Crippen molar-refractivity contribution in [1.82, 2.24) is 24.8 Å². The van der Waals surface area contributed by atoms with Crippen LogP contribution in [-0.2, 0) is 4.74 Å². The lowest BCUT2D eigenvalue weighted by Crippen LogP contribution is -2.42. The molecule has 1 atom stereocenters. The molecule has 156 valence electrons. The van der Waals surface area contributed by atoms with E-state index in [-0.39, 0.29) is 12.0 Å². The van der Waals surface area contributed by atoms with Crippen molar-refractivity contribution in [2.45, 2.75) is 33.8 Å². The summed E-state index contributed by atoms with van der Waals surface area (Å²) in [6.07, 6.45) is 1.31. The summed E-state index contributed by atoms with van der Waals surface area (Å²) in [5, 5.41) is 4.07. The number of thiazole rings is 1. The maximum Gasteiger partial charge on any atom is 0.257 e. The quantitative estimate of drug-likeness (QED) is 0.685. The molecule has 30 heavy (non-hydrogen) atoms. The zero-order valence-electron chi connectivity index (χ0n) is 17.5. The van der Waals surface area contributed by atoms with E-state index in [9.17, 15) is 4.79 Å². The number of nitrogens with one attached hydrogen (secondary N) is 1. The van der Waals surface area contributed by atoms with E-state index in [0.29, 0.717) is 42.6 Å². The third-order valence-electron chi connectivity index (χ3n) is 5.05. The van der Waals surface area contributed by atoms with Gasteiger partial charge in [0, 0.05) is 17.6 Å². The van der Waals surface area contributed by atoms with Gasteiger partial charge in [-0.3, -0.25) is 4.79 Å². The standard InChI is InChI=1S/C21H24N6O2S/c1-12-14(3)30-21(24-12)26-19-7-5-6-17(25-19)18-11-27(8-9-29-18)20(28)16-10-22-15(4)23-13(16)2/h5-7,10,18H,8-9,11H2,1-4H3,(H,24,25,26). The molecule has 1 amide bonds. The molecule has 0 aromatic carbocycles. The Morgan fingerprint density at radius 3 is 2.73 bits per heavy atom. The Morgan fingerprint density at radius 2 is 2.00 bits per heavy atom. The number of amides is 1. The van der Waals surface area contributed by atoms with Crippen molar-refractivity contribution in [2.24, 2.45) is 0 Å². The number of nitrogens with zero attached hydrogens (tertiary/aromatic N) is 5. The molecule has 1 N–H and O–H groups in total. The first-order valence-electron chi connectivity index (χ1n) is 9.80. The molecule has 0 aliphatic carbocycles. The highest BCUT2D eigenvalue weighted by Gasteiger charge is 2.28. The second kappa shape index (κ2) is 8.45. The topological polar surface area (TPSA) is 93.1 Å².